The lowest BCUT2D eigenvalue weighted by Gasteiger charge is -2.46. The molecule has 0 spiro atoms. The maximum absolute atomic E-state index is 13.2. The molecule has 7 atom stereocenters. The van der Waals surface area contributed by atoms with Crippen molar-refractivity contribution in [1.29, 1.82) is 0 Å². The van der Waals surface area contributed by atoms with Gasteiger partial charge in [-0.15, -0.1) is 0 Å². The summed E-state index contributed by atoms with van der Waals surface area (Å²) in [4.78, 5) is 2.27. The highest BCUT2D eigenvalue weighted by Gasteiger charge is 2.51. The molecular formula is C29H45F2NO3. The molecular weight excluding hydrogens is 448 g/mol. The second-order valence-electron chi connectivity index (χ2n) is 12.3. The zero-order chi connectivity index (χ0) is 25.5. The Labute approximate surface area is 209 Å². The number of aliphatic hydroxyl groups is 3. The molecule has 3 N–H and O–H groups in total. The SMILES string of the molecule is C=C1/C(=C\C=C2/CCC[C@]3(C)[C@@H]([C@H](C)CN4CCC(O)(C(F)F)CC4)CC[C@@H]23)C[C@@H](O)[C@H](C)[C@@H]1O. The molecule has 0 amide bonds. The van der Waals surface area contributed by atoms with Gasteiger partial charge in [-0.25, -0.2) is 8.78 Å². The van der Waals surface area contributed by atoms with E-state index in [9.17, 15) is 24.1 Å². The third-order valence-corrected chi connectivity index (χ3v) is 10.2. The van der Waals surface area contributed by atoms with E-state index in [1.54, 1.807) is 0 Å². The van der Waals surface area contributed by atoms with Gasteiger partial charge in [0.1, 0.15) is 5.60 Å². The van der Waals surface area contributed by atoms with Gasteiger partial charge < -0.3 is 20.2 Å². The van der Waals surface area contributed by atoms with Crippen molar-refractivity contribution < 1.29 is 24.1 Å². The number of hydrogen-bond acceptors (Lipinski definition) is 4. The summed E-state index contributed by atoms with van der Waals surface area (Å²) in [5.41, 5.74) is 1.60. The van der Waals surface area contributed by atoms with Crippen LogP contribution >= 0.6 is 0 Å². The van der Waals surface area contributed by atoms with Gasteiger partial charge >= 0.3 is 0 Å². The summed E-state index contributed by atoms with van der Waals surface area (Å²) in [5, 5.41) is 30.9. The van der Waals surface area contributed by atoms with Crippen LogP contribution in [0.2, 0.25) is 0 Å². The molecule has 4 aliphatic rings. The summed E-state index contributed by atoms with van der Waals surface area (Å²) in [7, 11) is 0. The predicted molar refractivity (Wildman–Crippen MR) is 135 cm³/mol. The van der Waals surface area contributed by atoms with E-state index in [2.05, 4.69) is 37.5 Å². The summed E-state index contributed by atoms with van der Waals surface area (Å²) in [6, 6.07) is 0. The molecule has 0 aromatic heterocycles. The van der Waals surface area contributed by atoms with Crippen molar-refractivity contribution in [2.75, 3.05) is 19.6 Å². The molecule has 1 aliphatic heterocycles. The van der Waals surface area contributed by atoms with E-state index in [4.69, 9.17) is 0 Å². The van der Waals surface area contributed by atoms with Gasteiger partial charge in [0.25, 0.3) is 6.43 Å². The number of allylic oxidation sites excluding steroid dienone is 3. The van der Waals surface area contributed by atoms with E-state index in [-0.39, 0.29) is 24.2 Å². The first-order valence-corrected chi connectivity index (χ1v) is 13.6. The van der Waals surface area contributed by atoms with E-state index in [0.29, 0.717) is 37.3 Å². The van der Waals surface area contributed by atoms with Crippen LogP contribution < -0.4 is 0 Å². The number of alkyl halides is 2. The normalized spacial score (nSPS) is 41.5. The number of piperidine rings is 1. The lowest BCUT2D eigenvalue weighted by Crippen LogP contribution is -2.50. The van der Waals surface area contributed by atoms with Gasteiger partial charge in [-0.2, -0.15) is 0 Å². The number of hydrogen-bond donors (Lipinski definition) is 3. The van der Waals surface area contributed by atoms with Gasteiger partial charge in [0.2, 0.25) is 0 Å². The van der Waals surface area contributed by atoms with Crippen LogP contribution in [-0.4, -0.2) is 64.1 Å². The number of nitrogens with zero attached hydrogens (tertiary/aromatic N) is 1. The number of halogens is 2. The van der Waals surface area contributed by atoms with E-state index >= 15 is 0 Å². The van der Waals surface area contributed by atoms with Crippen LogP contribution in [0.4, 0.5) is 8.78 Å². The van der Waals surface area contributed by atoms with Gasteiger partial charge in [-0.1, -0.05) is 45.1 Å². The standard InChI is InChI=1S/C29H45F2NO3/c1-18(17-32-14-12-29(35,13-15-32)27(30)31)23-9-10-24-21(6-5-11-28(23,24)4)7-8-22-16-25(33)20(3)26(34)19(22)2/h7-8,18,20,23-27,33-35H,2,5-6,9-17H2,1,3-4H3/b21-7+,22-8-/t18-,20+,23-,24+,25-,26-,28-/m1/s1. The quantitative estimate of drug-likeness (QED) is 0.499. The average Bonchev–Trinajstić information content (AvgIpc) is 3.18. The van der Waals surface area contributed by atoms with Gasteiger partial charge in [-0.3, -0.25) is 0 Å². The summed E-state index contributed by atoms with van der Waals surface area (Å²) in [6.07, 6.45) is 7.12. The van der Waals surface area contributed by atoms with Crippen LogP contribution in [0.1, 0.15) is 72.1 Å². The first-order valence-electron chi connectivity index (χ1n) is 13.6. The molecule has 0 radical (unpaired) electrons. The Bertz CT molecular complexity index is 847. The molecule has 35 heavy (non-hydrogen) atoms. The topological polar surface area (TPSA) is 63.9 Å². The molecule has 4 nitrogen and oxygen atoms in total. The summed E-state index contributed by atoms with van der Waals surface area (Å²) in [6.45, 7) is 12.7. The van der Waals surface area contributed by atoms with Gasteiger partial charge in [0.15, 0.2) is 0 Å². The Morgan fingerprint density at radius 3 is 2.49 bits per heavy atom. The third-order valence-electron chi connectivity index (χ3n) is 10.2. The molecule has 1 saturated heterocycles. The highest BCUT2D eigenvalue weighted by Crippen LogP contribution is 2.59. The van der Waals surface area contributed by atoms with Crippen molar-refractivity contribution in [3.63, 3.8) is 0 Å². The van der Waals surface area contributed by atoms with Crippen molar-refractivity contribution in [3.8, 4) is 0 Å². The van der Waals surface area contributed by atoms with Crippen LogP contribution in [0.25, 0.3) is 0 Å². The predicted octanol–water partition coefficient (Wildman–Crippen LogP) is 5.10. The molecule has 0 aromatic rings. The molecule has 1 heterocycles. The minimum atomic E-state index is -2.67. The molecule has 198 valence electrons. The van der Waals surface area contributed by atoms with E-state index < -0.39 is 24.2 Å². The monoisotopic (exact) mass is 493 g/mol. The second-order valence-corrected chi connectivity index (χ2v) is 12.3. The molecule has 3 aliphatic carbocycles. The summed E-state index contributed by atoms with van der Waals surface area (Å²) >= 11 is 0. The van der Waals surface area contributed by atoms with Crippen LogP contribution in [-0.2, 0) is 0 Å². The van der Waals surface area contributed by atoms with Crippen LogP contribution in [0.3, 0.4) is 0 Å². The maximum atomic E-state index is 13.2. The smallest absolute Gasteiger partial charge is 0.266 e. The summed E-state index contributed by atoms with van der Waals surface area (Å²) in [5.74, 6) is 1.42. The Hall–Kier alpha value is -1.08. The fraction of sp³-hybridized carbons (Fsp3) is 0.793. The molecule has 0 unspecified atom stereocenters. The third kappa shape index (κ3) is 5.18. The van der Waals surface area contributed by atoms with Crippen molar-refractivity contribution >= 4 is 0 Å². The lowest BCUT2D eigenvalue weighted by atomic mass is 9.61. The van der Waals surface area contributed by atoms with E-state index in [1.165, 1.54) is 31.3 Å². The molecule has 0 aromatic carbocycles. The fourth-order valence-corrected chi connectivity index (χ4v) is 7.73. The first kappa shape index (κ1) is 27.0. The number of aliphatic hydroxyl groups excluding tert-OH is 2. The molecule has 6 heteroatoms. The van der Waals surface area contributed by atoms with Crippen molar-refractivity contribution in [1.82, 2.24) is 4.90 Å². The van der Waals surface area contributed by atoms with Gasteiger partial charge in [-0.05, 0) is 85.7 Å². The minimum Gasteiger partial charge on any atom is -0.392 e. The zero-order valence-electron chi connectivity index (χ0n) is 21.7. The zero-order valence-corrected chi connectivity index (χ0v) is 21.7. The van der Waals surface area contributed by atoms with Crippen LogP contribution in [0.5, 0.6) is 0 Å². The Morgan fingerprint density at radius 1 is 1.14 bits per heavy atom. The molecule has 3 saturated carbocycles. The van der Waals surface area contributed by atoms with Gasteiger partial charge in [0.05, 0.1) is 12.2 Å². The number of fused-ring (bicyclic) bond motifs is 1. The Balaban J connectivity index is 1.42. The second kappa shape index (κ2) is 10.4. The Morgan fingerprint density at radius 2 is 1.83 bits per heavy atom. The number of rotatable bonds is 5. The van der Waals surface area contributed by atoms with Crippen LogP contribution in [0.15, 0.2) is 35.5 Å². The first-order chi connectivity index (χ1) is 16.5. The van der Waals surface area contributed by atoms with Crippen molar-refractivity contribution in [2.24, 2.45) is 29.1 Å². The van der Waals surface area contributed by atoms with Crippen molar-refractivity contribution in [2.45, 2.75) is 96.4 Å². The highest BCUT2D eigenvalue weighted by atomic mass is 19.3. The maximum Gasteiger partial charge on any atom is 0.266 e. The van der Waals surface area contributed by atoms with Crippen molar-refractivity contribution in [3.05, 3.63) is 35.5 Å². The Kier molecular flexibility index (Phi) is 7.98. The molecule has 4 fully saturated rings. The fourth-order valence-electron chi connectivity index (χ4n) is 7.73. The largest absolute Gasteiger partial charge is 0.392 e. The molecule has 0 bridgehead atoms. The minimum absolute atomic E-state index is 0.150. The highest BCUT2D eigenvalue weighted by molar-refractivity contribution is 5.39. The number of likely N-dealkylation sites (tertiary alicyclic amines) is 1. The lowest BCUT2D eigenvalue weighted by molar-refractivity contribution is -0.128. The molecule has 4 rings (SSSR count). The van der Waals surface area contributed by atoms with E-state index in [0.717, 1.165) is 24.1 Å². The van der Waals surface area contributed by atoms with Gasteiger partial charge in [0, 0.05) is 25.6 Å². The van der Waals surface area contributed by atoms with Crippen LogP contribution in [0, 0.1) is 29.1 Å². The average molecular weight is 494 g/mol. The van der Waals surface area contributed by atoms with E-state index in [1.807, 2.05) is 6.92 Å². The summed E-state index contributed by atoms with van der Waals surface area (Å²) < 4.78 is 26.3.